The molecule has 0 saturated carbocycles. The number of ether oxygens (including phenoxy) is 1. The number of methoxy groups -OCH3 is 1. The van der Waals surface area contributed by atoms with Crippen LogP contribution in [0.15, 0.2) is 32.1 Å². The van der Waals surface area contributed by atoms with Gasteiger partial charge in [-0.2, -0.15) is 11.3 Å². The normalized spacial score (nSPS) is 12.1. The lowest BCUT2D eigenvalue weighted by Crippen LogP contribution is -2.13. The van der Waals surface area contributed by atoms with Gasteiger partial charge in [-0.25, -0.2) is 0 Å². The first-order valence-electron chi connectivity index (χ1n) is 5.95. The van der Waals surface area contributed by atoms with Crippen molar-refractivity contribution in [2.45, 2.75) is 19.3 Å². The van der Waals surface area contributed by atoms with E-state index in [1.807, 2.05) is 16.8 Å². The molecule has 20 heavy (non-hydrogen) atoms. The van der Waals surface area contributed by atoms with Crippen LogP contribution in [0.1, 0.15) is 29.4 Å². The van der Waals surface area contributed by atoms with Gasteiger partial charge < -0.3 is 14.3 Å². The second-order valence-electron chi connectivity index (χ2n) is 4.32. The molecule has 2 aromatic rings. The summed E-state index contributed by atoms with van der Waals surface area (Å²) in [7, 11) is 1.29. The largest absolute Gasteiger partial charge is 0.502 e. The maximum absolute atomic E-state index is 11.7. The van der Waals surface area contributed by atoms with Gasteiger partial charge in [0.25, 0.3) is 0 Å². The van der Waals surface area contributed by atoms with Crippen LogP contribution < -0.4 is 5.43 Å². The molecule has 0 bridgehead atoms. The smallest absolute Gasteiger partial charge is 0.306 e. The van der Waals surface area contributed by atoms with E-state index in [4.69, 9.17) is 4.42 Å². The highest BCUT2D eigenvalue weighted by molar-refractivity contribution is 7.08. The molecule has 1 atom stereocenters. The highest BCUT2D eigenvalue weighted by Crippen LogP contribution is 2.34. The van der Waals surface area contributed by atoms with E-state index in [2.05, 4.69) is 4.74 Å². The molecule has 2 heterocycles. The number of aromatic hydroxyl groups is 1. The van der Waals surface area contributed by atoms with Gasteiger partial charge in [0.2, 0.25) is 11.2 Å². The predicted molar refractivity (Wildman–Crippen MR) is 74.2 cm³/mol. The topological polar surface area (TPSA) is 76.7 Å². The molecule has 0 amide bonds. The van der Waals surface area contributed by atoms with E-state index in [1.54, 1.807) is 6.92 Å². The lowest BCUT2D eigenvalue weighted by Gasteiger charge is -2.15. The van der Waals surface area contributed by atoms with Crippen LogP contribution in [0.5, 0.6) is 5.75 Å². The predicted octanol–water partition coefficient (Wildman–Crippen LogP) is 2.41. The fourth-order valence-electron chi connectivity index (χ4n) is 1.95. The molecule has 0 aliphatic rings. The Hall–Kier alpha value is -2.08. The van der Waals surface area contributed by atoms with E-state index in [-0.39, 0.29) is 12.2 Å². The zero-order valence-electron chi connectivity index (χ0n) is 11.1. The molecular formula is C14H14O5S. The molecule has 1 N–H and O–H groups in total. The summed E-state index contributed by atoms with van der Waals surface area (Å²) < 4.78 is 10.1. The van der Waals surface area contributed by atoms with Crippen LogP contribution in [0.25, 0.3) is 0 Å². The van der Waals surface area contributed by atoms with Gasteiger partial charge in [-0.15, -0.1) is 0 Å². The van der Waals surface area contributed by atoms with Crippen molar-refractivity contribution in [3.8, 4) is 5.75 Å². The molecular weight excluding hydrogens is 280 g/mol. The average molecular weight is 294 g/mol. The van der Waals surface area contributed by atoms with Gasteiger partial charge in [0.15, 0.2) is 5.76 Å². The van der Waals surface area contributed by atoms with Gasteiger partial charge in [0, 0.05) is 6.07 Å². The van der Waals surface area contributed by atoms with Crippen LogP contribution in [-0.2, 0) is 9.53 Å². The van der Waals surface area contributed by atoms with E-state index in [1.165, 1.54) is 24.5 Å². The summed E-state index contributed by atoms with van der Waals surface area (Å²) in [6.45, 7) is 1.62. The zero-order chi connectivity index (χ0) is 14.7. The van der Waals surface area contributed by atoms with Gasteiger partial charge >= 0.3 is 5.97 Å². The Morgan fingerprint density at radius 1 is 1.55 bits per heavy atom. The fraction of sp³-hybridized carbons (Fsp3) is 0.286. The number of esters is 1. The Morgan fingerprint density at radius 2 is 2.30 bits per heavy atom. The molecule has 5 nitrogen and oxygen atoms in total. The van der Waals surface area contributed by atoms with Crippen molar-refractivity contribution >= 4 is 17.3 Å². The Labute approximate surface area is 119 Å². The van der Waals surface area contributed by atoms with Crippen LogP contribution in [0.4, 0.5) is 0 Å². The standard InChI is InChI=1S/C14H14O5S/c1-8-5-11(15)13(17)14(19-8)10(6-12(16)18-2)9-3-4-20-7-9/h3-5,7,10,17H,6H2,1-2H3/t10-/m0/s1. The maximum atomic E-state index is 11.7. The Kier molecular flexibility index (Phi) is 4.24. The van der Waals surface area contributed by atoms with Crippen molar-refractivity contribution in [3.63, 3.8) is 0 Å². The highest BCUT2D eigenvalue weighted by Gasteiger charge is 2.26. The Morgan fingerprint density at radius 3 is 2.90 bits per heavy atom. The van der Waals surface area contributed by atoms with Crippen LogP contribution in [-0.4, -0.2) is 18.2 Å². The van der Waals surface area contributed by atoms with Crippen molar-refractivity contribution in [1.82, 2.24) is 0 Å². The van der Waals surface area contributed by atoms with Crippen LogP contribution in [0.2, 0.25) is 0 Å². The number of aryl methyl sites for hydroxylation is 1. The summed E-state index contributed by atoms with van der Waals surface area (Å²) in [6.07, 6.45) is -0.00676. The SMILES string of the molecule is COC(=O)C[C@@H](c1ccsc1)c1oc(C)cc(=O)c1O. The summed E-state index contributed by atoms with van der Waals surface area (Å²) in [5.74, 6) is -0.964. The molecule has 106 valence electrons. The molecule has 0 unspecified atom stereocenters. The van der Waals surface area contributed by atoms with Gasteiger partial charge in [0.1, 0.15) is 5.76 Å². The lowest BCUT2D eigenvalue weighted by molar-refractivity contribution is -0.140. The molecule has 0 fully saturated rings. The third-order valence-electron chi connectivity index (χ3n) is 2.93. The van der Waals surface area contributed by atoms with E-state index < -0.39 is 23.1 Å². The minimum absolute atomic E-state index is 0.00676. The summed E-state index contributed by atoms with van der Waals surface area (Å²) in [5.41, 5.74) is 0.276. The monoisotopic (exact) mass is 294 g/mol. The minimum atomic E-state index is -0.540. The number of rotatable bonds is 4. The summed E-state index contributed by atoms with van der Waals surface area (Å²) in [5, 5.41) is 13.6. The maximum Gasteiger partial charge on any atom is 0.306 e. The fourth-order valence-corrected chi connectivity index (χ4v) is 2.66. The molecule has 2 aromatic heterocycles. The lowest BCUT2D eigenvalue weighted by atomic mass is 9.94. The first-order valence-corrected chi connectivity index (χ1v) is 6.89. The van der Waals surface area contributed by atoms with E-state index in [0.29, 0.717) is 5.76 Å². The molecule has 0 saturated heterocycles. The molecule has 0 aliphatic heterocycles. The summed E-state index contributed by atoms with van der Waals surface area (Å²) >= 11 is 1.46. The second-order valence-corrected chi connectivity index (χ2v) is 5.10. The van der Waals surface area contributed by atoms with Crippen LogP contribution >= 0.6 is 11.3 Å². The van der Waals surface area contributed by atoms with E-state index in [9.17, 15) is 14.7 Å². The number of carbonyl (C=O) groups is 1. The number of hydrogen-bond acceptors (Lipinski definition) is 6. The van der Waals surface area contributed by atoms with Gasteiger partial charge in [-0.05, 0) is 29.3 Å². The molecule has 0 radical (unpaired) electrons. The summed E-state index contributed by atoms with van der Waals surface area (Å²) in [6, 6.07) is 3.03. The van der Waals surface area contributed by atoms with Crippen molar-refractivity contribution in [2.24, 2.45) is 0 Å². The van der Waals surface area contributed by atoms with Crippen molar-refractivity contribution in [3.05, 3.63) is 50.2 Å². The first kappa shape index (κ1) is 14.3. The summed E-state index contributed by atoms with van der Waals surface area (Å²) in [4.78, 5) is 23.2. The third-order valence-corrected chi connectivity index (χ3v) is 3.63. The molecule has 0 aliphatic carbocycles. The first-order chi connectivity index (χ1) is 9.52. The highest BCUT2D eigenvalue weighted by atomic mass is 32.1. The van der Waals surface area contributed by atoms with Gasteiger partial charge in [-0.1, -0.05) is 0 Å². The molecule has 2 rings (SSSR count). The average Bonchev–Trinajstić information content (AvgIpc) is 2.94. The van der Waals surface area contributed by atoms with Crippen molar-refractivity contribution in [1.29, 1.82) is 0 Å². The Bertz CT molecular complexity index is 657. The van der Waals surface area contributed by atoms with E-state index in [0.717, 1.165) is 5.56 Å². The molecule has 6 heteroatoms. The van der Waals surface area contributed by atoms with Crippen LogP contribution in [0.3, 0.4) is 0 Å². The van der Waals surface area contributed by atoms with Gasteiger partial charge in [0.05, 0.1) is 19.4 Å². The second kappa shape index (κ2) is 5.92. The van der Waals surface area contributed by atoms with Crippen LogP contribution in [0, 0.1) is 6.92 Å². The number of carbonyl (C=O) groups excluding carboxylic acids is 1. The molecule has 0 aromatic carbocycles. The number of thiophene rings is 1. The quantitative estimate of drug-likeness (QED) is 0.876. The zero-order valence-corrected chi connectivity index (χ0v) is 11.9. The van der Waals surface area contributed by atoms with Gasteiger partial charge in [-0.3, -0.25) is 9.59 Å². The van der Waals surface area contributed by atoms with Crippen molar-refractivity contribution < 1.29 is 19.1 Å². The van der Waals surface area contributed by atoms with E-state index >= 15 is 0 Å². The Balaban J connectivity index is 2.52. The third kappa shape index (κ3) is 2.91. The van der Waals surface area contributed by atoms with Crippen molar-refractivity contribution in [2.75, 3.05) is 7.11 Å². The minimum Gasteiger partial charge on any atom is -0.502 e. The number of hydrogen-bond donors (Lipinski definition) is 1. The molecule has 0 spiro atoms.